The first-order chi connectivity index (χ1) is 15.0. The smallest absolute Gasteiger partial charge is 0.328 e. The molecule has 9 nitrogen and oxygen atoms in total. The predicted octanol–water partition coefficient (Wildman–Crippen LogP) is 2.67. The summed E-state index contributed by atoms with van der Waals surface area (Å²) in [6, 6.07) is 3.94. The van der Waals surface area contributed by atoms with Gasteiger partial charge in [-0.2, -0.15) is 0 Å². The minimum Gasteiger partial charge on any atom is -0.493 e. The minimum absolute atomic E-state index is 0.0769. The van der Waals surface area contributed by atoms with E-state index in [1.165, 1.54) is 7.11 Å². The maximum absolute atomic E-state index is 13.4. The summed E-state index contributed by atoms with van der Waals surface area (Å²) in [5.74, 6) is 0.563. The Morgan fingerprint density at radius 3 is 2.71 bits per heavy atom. The molecule has 2 heterocycles. The van der Waals surface area contributed by atoms with Gasteiger partial charge in [-0.1, -0.05) is 32.4 Å². The van der Waals surface area contributed by atoms with Gasteiger partial charge in [-0.3, -0.25) is 0 Å². The number of esters is 1. The minimum atomic E-state index is -0.740. The Balaban J connectivity index is 2.02. The third-order valence-corrected chi connectivity index (χ3v) is 5.86. The first-order valence-corrected chi connectivity index (χ1v) is 10.3. The molecule has 0 bridgehead atoms. The van der Waals surface area contributed by atoms with Gasteiger partial charge in [-0.05, 0) is 12.0 Å². The van der Waals surface area contributed by atoms with Crippen LogP contribution in [0.3, 0.4) is 0 Å². The van der Waals surface area contributed by atoms with Crippen molar-refractivity contribution < 1.29 is 23.8 Å². The molecule has 0 radical (unpaired) electrons. The van der Waals surface area contributed by atoms with Crippen LogP contribution in [0.1, 0.15) is 43.3 Å². The molecule has 0 saturated carbocycles. The molecule has 1 aromatic carbocycles. The number of urea groups is 1. The van der Waals surface area contributed by atoms with Gasteiger partial charge >= 0.3 is 12.0 Å². The summed E-state index contributed by atoms with van der Waals surface area (Å²) in [7, 11) is 4.46. The van der Waals surface area contributed by atoms with Crippen molar-refractivity contribution in [2.75, 3.05) is 27.9 Å². The Labute approximate surface area is 182 Å². The number of amides is 2. The Hall–Kier alpha value is -3.23. The van der Waals surface area contributed by atoms with E-state index in [1.54, 1.807) is 31.5 Å². The van der Waals surface area contributed by atoms with Crippen LogP contribution in [0.2, 0.25) is 0 Å². The molecular weight excluding hydrogens is 400 g/mol. The van der Waals surface area contributed by atoms with Crippen LogP contribution in [-0.4, -0.2) is 60.8 Å². The van der Waals surface area contributed by atoms with Crippen molar-refractivity contribution in [3.05, 3.63) is 41.5 Å². The van der Waals surface area contributed by atoms with E-state index in [-0.39, 0.29) is 11.9 Å². The number of carbonyl (C=O) groups excluding carboxylic acids is 2. The van der Waals surface area contributed by atoms with Crippen LogP contribution in [0.25, 0.3) is 0 Å². The number of H-pyrrole nitrogens is 1. The van der Waals surface area contributed by atoms with Gasteiger partial charge in [0.15, 0.2) is 11.5 Å². The number of aromatic amines is 1. The summed E-state index contributed by atoms with van der Waals surface area (Å²) < 4.78 is 16.0. The number of imidazole rings is 1. The SMILES string of the molecule is CC[C@@H](C)[C@@H](NC(=O)N1CCc2[nH]cnc2[C@@H]1c1cccc(OC)c1OC)C(=O)OC. The largest absolute Gasteiger partial charge is 0.493 e. The molecule has 0 saturated heterocycles. The number of methoxy groups -OCH3 is 3. The van der Waals surface area contributed by atoms with Gasteiger partial charge < -0.3 is 29.4 Å². The average molecular weight is 431 g/mol. The van der Waals surface area contributed by atoms with Crippen LogP contribution in [0, 0.1) is 5.92 Å². The van der Waals surface area contributed by atoms with Crippen LogP contribution in [0.4, 0.5) is 4.79 Å². The van der Waals surface area contributed by atoms with Crippen LogP contribution in [0.15, 0.2) is 24.5 Å². The number of hydrogen-bond donors (Lipinski definition) is 2. The third-order valence-electron chi connectivity index (χ3n) is 5.86. The molecule has 0 spiro atoms. The molecule has 168 valence electrons. The lowest BCUT2D eigenvalue weighted by atomic mass is 9.94. The quantitative estimate of drug-likeness (QED) is 0.654. The van der Waals surface area contributed by atoms with E-state index in [9.17, 15) is 9.59 Å². The summed E-state index contributed by atoms with van der Waals surface area (Å²) in [5.41, 5.74) is 2.46. The Bertz CT molecular complexity index is 928. The van der Waals surface area contributed by atoms with Crippen LogP contribution >= 0.6 is 0 Å². The highest BCUT2D eigenvalue weighted by atomic mass is 16.5. The zero-order chi connectivity index (χ0) is 22.5. The molecule has 0 fully saturated rings. The van der Waals surface area contributed by atoms with E-state index in [1.807, 2.05) is 26.0 Å². The summed E-state index contributed by atoms with van der Waals surface area (Å²) in [5, 5.41) is 2.88. The lowest BCUT2D eigenvalue weighted by molar-refractivity contribution is -0.144. The second-order valence-corrected chi connectivity index (χ2v) is 7.53. The van der Waals surface area contributed by atoms with Crippen molar-refractivity contribution in [2.24, 2.45) is 5.92 Å². The number of para-hydroxylation sites is 1. The summed E-state index contributed by atoms with van der Waals surface area (Å²) in [6.45, 7) is 4.32. The van der Waals surface area contributed by atoms with E-state index in [0.717, 1.165) is 23.4 Å². The fraction of sp³-hybridized carbons (Fsp3) is 0.500. The maximum atomic E-state index is 13.4. The van der Waals surface area contributed by atoms with Gasteiger partial charge in [0.1, 0.15) is 12.1 Å². The van der Waals surface area contributed by atoms with Crippen molar-refractivity contribution in [1.29, 1.82) is 0 Å². The molecule has 1 aromatic heterocycles. The number of fused-ring (bicyclic) bond motifs is 1. The van der Waals surface area contributed by atoms with Gasteiger partial charge in [0.05, 0.1) is 33.4 Å². The zero-order valence-electron chi connectivity index (χ0n) is 18.6. The summed E-state index contributed by atoms with van der Waals surface area (Å²) in [6.07, 6.45) is 2.97. The summed E-state index contributed by atoms with van der Waals surface area (Å²) in [4.78, 5) is 35.1. The Morgan fingerprint density at radius 2 is 2.06 bits per heavy atom. The number of nitrogens with one attached hydrogen (secondary N) is 2. The molecule has 1 aliphatic rings. The standard InChI is InChI=1S/C22H30N4O5/c1-6-13(2)17(21(27)31-5)25-22(28)26-11-10-15-18(24-12-23-15)19(26)14-8-7-9-16(29-3)20(14)30-4/h7-9,12-13,17,19H,6,10-11H2,1-5H3,(H,23,24)(H,25,28)/t13-,17-,19+/m1/s1. The predicted molar refractivity (Wildman–Crippen MR) is 114 cm³/mol. The lowest BCUT2D eigenvalue weighted by Gasteiger charge is -2.37. The van der Waals surface area contributed by atoms with Gasteiger partial charge in [-0.15, -0.1) is 0 Å². The average Bonchev–Trinajstić information content (AvgIpc) is 3.29. The molecule has 3 rings (SSSR count). The maximum Gasteiger partial charge on any atom is 0.328 e. The zero-order valence-corrected chi connectivity index (χ0v) is 18.6. The van der Waals surface area contributed by atoms with Gasteiger partial charge in [-0.25, -0.2) is 14.6 Å². The van der Waals surface area contributed by atoms with Gasteiger partial charge in [0, 0.05) is 24.2 Å². The van der Waals surface area contributed by atoms with Crippen LogP contribution in [-0.2, 0) is 16.0 Å². The molecule has 0 aliphatic carbocycles. The lowest BCUT2D eigenvalue weighted by Crippen LogP contribution is -2.53. The van der Waals surface area contributed by atoms with Crippen molar-refractivity contribution >= 4 is 12.0 Å². The molecule has 2 amide bonds. The fourth-order valence-corrected chi connectivity index (χ4v) is 3.95. The molecular formula is C22H30N4O5. The third kappa shape index (κ3) is 4.30. The number of nitrogens with zero attached hydrogens (tertiary/aromatic N) is 2. The van der Waals surface area contributed by atoms with Gasteiger partial charge in [0.2, 0.25) is 0 Å². The molecule has 0 unspecified atom stereocenters. The van der Waals surface area contributed by atoms with Crippen LogP contribution in [0.5, 0.6) is 11.5 Å². The van der Waals surface area contributed by atoms with Gasteiger partial charge in [0.25, 0.3) is 0 Å². The number of aromatic nitrogens is 2. The first-order valence-electron chi connectivity index (χ1n) is 10.3. The second-order valence-electron chi connectivity index (χ2n) is 7.53. The Morgan fingerprint density at radius 1 is 1.29 bits per heavy atom. The van der Waals surface area contributed by atoms with E-state index in [2.05, 4.69) is 15.3 Å². The number of ether oxygens (including phenoxy) is 3. The number of benzene rings is 1. The molecule has 9 heteroatoms. The van der Waals surface area contributed by atoms with E-state index in [0.29, 0.717) is 24.5 Å². The normalized spacial score (nSPS) is 17.3. The number of hydrogen-bond acceptors (Lipinski definition) is 6. The number of carbonyl (C=O) groups is 2. The van der Waals surface area contributed by atoms with Crippen LogP contribution < -0.4 is 14.8 Å². The number of rotatable bonds is 7. The van der Waals surface area contributed by atoms with E-state index in [4.69, 9.17) is 14.2 Å². The monoisotopic (exact) mass is 430 g/mol. The van der Waals surface area contributed by atoms with Crippen molar-refractivity contribution in [2.45, 2.75) is 38.8 Å². The molecule has 31 heavy (non-hydrogen) atoms. The first kappa shape index (κ1) is 22.5. The molecule has 2 aromatic rings. The molecule has 1 aliphatic heterocycles. The fourth-order valence-electron chi connectivity index (χ4n) is 3.95. The van der Waals surface area contributed by atoms with E-state index >= 15 is 0 Å². The molecule has 3 atom stereocenters. The second kappa shape index (κ2) is 9.72. The van der Waals surface area contributed by atoms with E-state index < -0.39 is 18.1 Å². The highest BCUT2D eigenvalue weighted by molar-refractivity contribution is 5.84. The highest BCUT2D eigenvalue weighted by Gasteiger charge is 2.38. The molecule has 2 N–H and O–H groups in total. The topological polar surface area (TPSA) is 106 Å². The Kier molecular flexibility index (Phi) is 7.04. The van der Waals surface area contributed by atoms with Crippen molar-refractivity contribution in [3.63, 3.8) is 0 Å². The highest BCUT2D eigenvalue weighted by Crippen LogP contribution is 2.42. The van der Waals surface area contributed by atoms with Crippen molar-refractivity contribution in [1.82, 2.24) is 20.2 Å². The van der Waals surface area contributed by atoms with Crippen molar-refractivity contribution in [3.8, 4) is 11.5 Å². The summed E-state index contributed by atoms with van der Waals surface area (Å²) >= 11 is 0.